The van der Waals surface area contributed by atoms with Gasteiger partial charge in [0.2, 0.25) is 5.91 Å². The molecular weight excluding hydrogens is 360 g/mol. The number of nitrogens with zero attached hydrogens (tertiary/aromatic N) is 3. The highest BCUT2D eigenvalue weighted by Crippen LogP contribution is 2.27. The van der Waals surface area contributed by atoms with E-state index in [0.29, 0.717) is 5.82 Å². The molecule has 1 aromatic heterocycles. The summed E-state index contributed by atoms with van der Waals surface area (Å²) in [5.41, 5.74) is 1.15. The Morgan fingerprint density at radius 2 is 2.17 bits per heavy atom. The Balaban J connectivity index is 2.05. The highest BCUT2D eigenvalue weighted by atomic mass is 79.9. The number of halogens is 1. The van der Waals surface area contributed by atoms with Gasteiger partial charge in [-0.25, -0.2) is 0 Å². The lowest BCUT2D eigenvalue weighted by molar-refractivity contribution is -0.118. The Kier molecular flexibility index (Phi) is 6.29. The van der Waals surface area contributed by atoms with Crippen molar-refractivity contribution in [3.8, 4) is 0 Å². The molecule has 0 bridgehead atoms. The quantitative estimate of drug-likeness (QED) is 0.794. The summed E-state index contributed by atoms with van der Waals surface area (Å²) in [4.78, 5) is 18.3. The minimum Gasteiger partial charge on any atom is -0.315 e. The predicted octanol–water partition coefficient (Wildman–Crippen LogP) is 3.55. The fraction of sp³-hybridized carbons (Fsp3) is 0.438. The molecule has 2 rings (SSSR count). The van der Waals surface area contributed by atoms with E-state index in [0.717, 1.165) is 23.0 Å². The molecular formula is C16H21BrN4O2. The lowest BCUT2D eigenvalue weighted by Crippen LogP contribution is -2.36. The molecule has 23 heavy (non-hydrogen) atoms. The molecule has 0 saturated heterocycles. The second kappa shape index (κ2) is 8.21. The van der Waals surface area contributed by atoms with Crippen molar-refractivity contribution < 1.29 is 9.32 Å². The highest BCUT2D eigenvalue weighted by Gasteiger charge is 2.20. The molecule has 1 amide bonds. The van der Waals surface area contributed by atoms with Gasteiger partial charge in [0.05, 0.1) is 6.54 Å². The van der Waals surface area contributed by atoms with Gasteiger partial charge in [-0.2, -0.15) is 4.98 Å². The van der Waals surface area contributed by atoms with Gasteiger partial charge in [-0.15, -0.1) is 0 Å². The van der Waals surface area contributed by atoms with Crippen LogP contribution in [-0.2, 0) is 4.79 Å². The molecule has 0 aliphatic carbocycles. The van der Waals surface area contributed by atoms with Crippen LogP contribution in [0.5, 0.6) is 0 Å². The Bertz CT molecular complexity index is 659. The van der Waals surface area contributed by atoms with Crippen LogP contribution in [0.3, 0.4) is 0 Å². The van der Waals surface area contributed by atoms with Gasteiger partial charge in [-0.1, -0.05) is 46.2 Å². The van der Waals surface area contributed by atoms with Crippen molar-refractivity contribution in [3.05, 3.63) is 40.1 Å². The maximum Gasteiger partial charge on any atom is 0.328 e. The number of amides is 1. The average Bonchev–Trinajstić information content (AvgIpc) is 2.91. The Morgan fingerprint density at radius 1 is 1.43 bits per heavy atom. The first-order valence-corrected chi connectivity index (χ1v) is 8.39. The van der Waals surface area contributed by atoms with Crippen molar-refractivity contribution in [1.29, 1.82) is 0 Å². The van der Waals surface area contributed by atoms with E-state index in [9.17, 15) is 4.79 Å². The van der Waals surface area contributed by atoms with Crippen molar-refractivity contribution in [2.24, 2.45) is 0 Å². The van der Waals surface area contributed by atoms with Crippen molar-refractivity contribution in [2.45, 2.75) is 33.2 Å². The number of hydrogen-bond acceptors (Lipinski definition) is 5. The van der Waals surface area contributed by atoms with Crippen LogP contribution in [0.15, 0.2) is 33.3 Å². The molecule has 7 heteroatoms. The molecule has 1 aromatic carbocycles. The molecule has 0 aliphatic rings. The van der Waals surface area contributed by atoms with Crippen LogP contribution >= 0.6 is 15.9 Å². The molecule has 0 saturated carbocycles. The van der Waals surface area contributed by atoms with Crippen molar-refractivity contribution in [1.82, 2.24) is 15.0 Å². The minimum atomic E-state index is -0.166. The summed E-state index contributed by atoms with van der Waals surface area (Å²) in [5, 5.41) is 6.30. The van der Waals surface area contributed by atoms with Gasteiger partial charge in [-0.3, -0.25) is 15.0 Å². The second-order valence-electron chi connectivity index (χ2n) is 5.36. The zero-order valence-corrected chi connectivity index (χ0v) is 15.1. The fourth-order valence-corrected chi connectivity index (χ4v) is 3.01. The van der Waals surface area contributed by atoms with Crippen LogP contribution in [0.2, 0.25) is 0 Å². The maximum atomic E-state index is 12.2. The summed E-state index contributed by atoms with van der Waals surface area (Å²) in [6.07, 6.45) is 0.960. The zero-order valence-electron chi connectivity index (χ0n) is 13.5. The van der Waals surface area contributed by atoms with Gasteiger partial charge in [0, 0.05) is 10.5 Å². The summed E-state index contributed by atoms with van der Waals surface area (Å²) in [6.45, 7) is 6.98. The van der Waals surface area contributed by atoms with Crippen LogP contribution in [-0.4, -0.2) is 34.0 Å². The van der Waals surface area contributed by atoms with E-state index in [1.165, 1.54) is 0 Å². The van der Waals surface area contributed by atoms with E-state index in [2.05, 4.69) is 56.2 Å². The Labute approximate surface area is 144 Å². The van der Waals surface area contributed by atoms with E-state index in [1.807, 2.05) is 18.2 Å². The molecule has 0 aliphatic heterocycles. The van der Waals surface area contributed by atoms with Crippen LogP contribution in [0.1, 0.15) is 37.7 Å². The number of rotatable bonds is 7. The highest BCUT2D eigenvalue weighted by molar-refractivity contribution is 9.10. The second-order valence-corrected chi connectivity index (χ2v) is 6.22. The van der Waals surface area contributed by atoms with Crippen LogP contribution in [0, 0.1) is 6.92 Å². The Hall–Kier alpha value is -1.73. The van der Waals surface area contributed by atoms with Crippen LogP contribution < -0.4 is 5.32 Å². The summed E-state index contributed by atoms with van der Waals surface area (Å²) in [6, 6.07) is 8.31. The van der Waals surface area contributed by atoms with Crippen molar-refractivity contribution >= 4 is 27.9 Å². The molecule has 124 valence electrons. The zero-order chi connectivity index (χ0) is 16.8. The van der Waals surface area contributed by atoms with Crippen LogP contribution in [0.4, 0.5) is 6.01 Å². The third-order valence-corrected chi connectivity index (χ3v) is 4.26. The molecule has 0 unspecified atom stereocenters. The van der Waals surface area contributed by atoms with Gasteiger partial charge in [0.25, 0.3) is 0 Å². The summed E-state index contributed by atoms with van der Waals surface area (Å²) in [5.74, 6) is 0.327. The number of aromatic nitrogens is 2. The largest absolute Gasteiger partial charge is 0.328 e. The van der Waals surface area contributed by atoms with Gasteiger partial charge in [0.1, 0.15) is 0 Å². The summed E-state index contributed by atoms with van der Waals surface area (Å²) in [7, 11) is 0. The number of carbonyl (C=O) groups excluding carboxylic acids is 1. The summed E-state index contributed by atoms with van der Waals surface area (Å²) >= 11 is 3.58. The van der Waals surface area contributed by atoms with Crippen LogP contribution in [0.25, 0.3) is 0 Å². The maximum absolute atomic E-state index is 12.2. The summed E-state index contributed by atoms with van der Waals surface area (Å²) < 4.78 is 5.96. The molecule has 0 radical (unpaired) electrons. The number of benzene rings is 1. The fourth-order valence-electron chi connectivity index (χ4n) is 2.40. The third kappa shape index (κ3) is 4.87. The molecule has 1 heterocycles. The third-order valence-electron chi connectivity index (χ3n) is 3.53. The average molecular weight is 381 g/mol. The van der Waals surface area contributed by atoms with Crippen molar-refractivity contribution in [3.63, 3.8) is 0 Å². The van der Waals surface area contributed by atoms with Crippen molar-refractivity contribution in [2.75, 3.05) is 18.4 Å². The SMILES string of the molecule is CCCN(CC(=O)Nc1nc(C)no1)[C@H](C)c1ccccc1Br. The van der Waals surface area contributed by atoms with E-state index in [4.69, 9.17) is 4.52 Å². The van der Waals surface area contributed by atoms with E-state index in [-0.39, 0.29) is 24.5 Å². The van der Waals surface area contributed by atoms with E-state index in [1.54, 1.807) is 6.92 Å². The number of carbonyl (C=O) groups is 1. The van der Waals surface area contributed by atoms with Gasteiger partial charge in [0.15, 0.2) is 5.82 Å². The minimum absolute atomic E-state index is 0.112. The first-order chi connectivity index (χ1) is 11.0. The first kappa shape index (κ1) is 17.6. The molecule has 0 fully saturated rings. The normalized spacial score (nSPS) is 12.4. The topological polar surface area (TPSA) is 71.3 Å². The number of aryl methyl sites for hydroxylation is 1. The monoisotopic (exact) mass is 380 g/mol. The number of hydrogen-bond donors (Lipinski definition) is 1. The molecule has 0 spiro atoms. The lowest BCUT2D eigenvalue weighted by atomic mass is 10.1. The van der Waals surface area contributed by atoms with E-state index < -0.39 is 0 Å². The molecule has 1 N–H and O–H groups in total. The smallest absolute Gasteiger partial charge is 0.315 e. The standard InChI is InChI=1S/C16H21BrN4O2/c1-4-9-21(11(2)13-7-5-6-8-14(13)17)10-15(22)19-16-18-12(3)20-23-16/h5-8,11H,4,9-10H2,1-3H3,(H,18,19,20,22)/t11-/m1/s1. The predicted molar refractivity (Wildman–Crippen MR) is 92.1 cm³/mol. The Morgan fingerprint density at radius 3 is 2.78 bits per heavy atom. The molecule has 1 atom stereocenters. The lowest BCUT2D eigenvalue weighted by Gasteiger charge is -2.29. The first-order valence-electron chi connectivity index (χ1n) is 7.60. The van der Waals surface area contributed by atoms with Gasteiger partial charge < -0.3 is 4.52 Å². The number of anilines is 1. The molecule has 2 aromatic rings. The molecule has 6 nitrogen and oxygen atoms in total. The van der Waals surface area contributed by atoms with Gasteiger partial charge >= 0.3 is 6.01 Å². The van der Waals surface area contributed by atoms with E-state index >= 15 is 0 Å². The number of nitrogens with one attached hydrogen (secondary N) is 1. The van der Waals surface area contributed by atoms with Gasteiger partial charge in [-0.05, 0) is 38.4 Å².